The predicted molar refractivity (Wildman–Crippen MR) is 128 cm³/mol. The number of aryl methyl sites for hydroxylation is 1. The molecule has 0 spiro atoms. The lowest BCUT2D eigenvalue weighted by molar-refractivity contribution is 0.148. The number of para-hydroxylation sites is 1. The molecular weight excluding hydrogens is 406 g/mol. The zero-order chi connectivity index (χ0) is 21.0. The standard InChI is InChI=1S/C24H29N5OS/c30-24-15-18-17-31-14-9-21(18)27-29(24)13-12-28-11-4-3-5-19(28)16-26-23-8-10-25-22-7-2-1-6-20(22)23/h1-2,6-8,10,15,19H,3-5,9,11-14,16-17H2,(H,25,26). The van der Waals surface area contributed by atoms with Crippen molar-refractivity contribution in [1.82, 2.24) is 19.7 Å². The summed E-state index contributed by atoms with van der Waals surface area (Å²) in [6.45, 7) is 3.51. The van der Waals surface area contributed by atoms with Gasteiger partial charge in [-0.1, -0.05) is 24.6 Å². The average molecular weight is 436 g/mol. The number of anilines is 1. The minimum Gasteiger partial charge on any atom is -0.383 e. The monoisotopic (exact) mass is 435 g/mol. The highest BCUT2D eigenvalue weighted by atomic mass is 32.2. The maximum absolute atomic E-state index is 12.5. The lowest BCUT2D eigenvalue weighted by atomic mass is 10.0. The molecule has 1 N–H and O–H groups in total. The second-order valence-electron chi connectivity index (χ2n) is 8.42. The van der Waals surface area contributed by atoms with Crippen LogP contribution in [0.3, 0.4) is 0 Å². The van der Waals surface area contributed by atoms with E-state index >= 15 is 0 Å². The first-order chi connectivity index (χ1) is 15.3. The van der Waals surface area contributed by atoms with Crippen LogP contribution in [0.2, 0.25) is 0 Å². The zero-order valence-corrected chi connectivity index (χ0v) is 18.6. The van der Waals surface area contributed by atoms with Crippen LogP contribution in [0.4, 0.5) is 5.69 Å². The number of fused-ring (bicyclic) bond motifs is 2. The molecular formula is C24H29N5OS. The van der Waals surface area contributed by atoms with E-state index in [0.717, 1.165) is 65.4 Å². The second-order valence-corrected chi connectivity index (χ2v) is 9.53. The van der Waals surface area contributed by atoms with Gasteiger partial charge in [-0.25, -0.2) is 4.68 Å². The third kappa shape index (κ3) is 4.62. The smallest absolute Gasteiger partial charge is 0.267 e. The molecule has 1 aromatic carbocycles. The molecule has 1 atom stereocenters. The fraction of sp³-hybridized carbons (Fsp3) is 0.458. The van der Waals surface area contributed by atoms with Gasteiger partial charge in [-0.05, 0) is 42.8 Å². The van der Waals surface area contributed by atoms with E-state index in [1.54, 1.807) is 10.7 Å². The molecule has 2 aromatic heterocycles. The van der Waals surface area contributed by atoms with Gasteiger partial charge in [0, 0.05) is 54.6 Å². The summed E-state index contributed by atoms with van der Waals surface area (Å²) in [6.07, 6.45) is 6.50. The van der Waals surface area contributed by atoms with Gasteiger partial charge in [0.2, 0.25) is 0 Å². The van der Waals surface area contributed by atoms with Crippen molar-refractivity contribution >= 4 is 28.4 Å². The Morgan fingerprint density at radius 2 is 2.10 bits per heavy atom. The quantitative estimate of drug-likeness (QED) is 0.639. The summed E-state index contributed by atoms with van der Waals surface area (Å²) in [5.74, 6) is 2.02. The molecule has 0 aliphatic carbocycles. The van der Waals surface area contributed by atoms with E-state index in [0.29, 0.717) is 12.6 Å². The summed E-state index contributed by atoms with van der Waals surface area (Å²) in [5.41, 5.74) is 4.43. The molecule has 31 heavy (non-hydrogen) atoms. The Kier molecular flexibility index (Phi) is 6.22. The van der Waals surface area contributed by atoms with Crippen molar-refractivity contribution in [1.29, 1.82) is 0 Å². The van der Waals surface area contributed by atoms with E-state index in [-0.39, 0.29) is 5.56 Å². The number of likely N-dealkylation sites (tertiary alicyclic amines) is 1. The number of benzene rings is 1. The van der Waals surface area contributed by atoms with E-state index in [1.807, 2.05) is 24.0 Å². The van der Waals surface area contributed by atoms with Gasteiger partial charge in [0.1, 0.15) is 0 Å². The van der Waals surface area contributed by atoms with Gasteiger partial charge in [-0.2, -0.15) is 16.9 Å². The van der Waals surface area contributed by atoms with Gasteiger partial charge >= 0.3 is 0 Å². The minimum atomic E-state index is 0.0381. The minimum absolute atomic E-state index is 0.0381. The van der Waals surface area contributed by atoms with Crippen LogP contribution in [-0.2, 0) is 18.7 Å². The number of aromatic nitrogens is 3. The fourth-order valence-corrected chi connectivity index (χ4v) is 5.65. The predicted octanol–water partition coefficient (Wildman–Crippen LogP) is 3.55. The number of nitrogens with one attached hydrogen (secondary N) is 1. The molecule has 1 saturated heterocycles. The highest BCUT2D eigenvalue weighted by molar-refractivity contribution is 7.98. The van der Waals surface area contributed by atoms with Crippen LogP contribution in [0.5, 0.6) is 0 Å². The molecule has 7 heteroatoms. The molecule has 6 nitrogen and oxygen atoms in total. The molecule has 1 fully saturated rings. The molecule has 1 unspecified atom stereocenters. The number of hydrogen-bond donors (Lipinski definition) is 1. The summed E-state index contributed by atoms with van der Waals surface area (Å²) in [6, 6.07) is 12.6. The van der Waals surface area contributed by atoms with Crippen molar-refractivity contribution in [3.63, 3.8) is 0 Å². The van der Waals surface area contributed by atoms with Gasteiger partial charge in [0.15, 0.2) is 0 Å². The van der Waals surface area contributed by atoms with Crippen molar-refractivity contribution < 1.29 is 0 Å². The number of nitrogens with zero attached hydrogens (tertiary/aromatic N) is 4. The van der Waals surface area contributed by atoms with E-state index in [9.17, 15) is 4.79 Å². The SMILES string of the molecule is O=c1cc2c(nn1CCN1CCCCC1CNc1ccnc3ccccc13)CCSC2. The molecule has 2 aliphatic rings. The van der Waals surface area contributed by atoms with Crippen molar-refractivity contribution in [2.75, 3.05) is 30.7 Å². The maximum Gasteiger partial charge on any atom is 0.267 e. The van der Waals surface area contributed by atoms with E-state index in [4.69, 9.17) is 5.10 Å². The van der Waals surface area contributed by atoms with E-state index < -0.39 is 0 Å². The summed E-state index contributed by atoms with van der Waals surface area (Å²) >= 11 is 1.89. The van der Waals surface area contributed by atoms with Gasteiger partial charge < -0.3 is 5.32 Å². The lowest BCUT2D eigenvalue weighted by Crippen LogP contribution is -2.45. The van der Waals surface area contributed by atoms with Crippen molar-refractivity contribution in [2.45, 2.75) is 44.0 Å². The Hall–Kier alpha value is -2.38. The summed E-state index contributed by atoms with van der Waals surface area (Å²) in [4.78, 5) is 19.5. The Balaban J connectivity index is 1.25. The van der Waals surface area contributed by atoms with Crippen LogP contribution in [0, 0.1) is 0 Å². The third-order valence-electron chi connectivity index (χ3n) is 6.43. The van der Waals surface area contributed by atoms with Crippen molar-refractivity contribution in [3.05, 3.63) is 64.2 Å². The third-order valence-corrected chi connectivity index (χ3v) is 7.44. The van der Waals surface area contributed by atoms with Gasteiger partial charge in [-0.3, -0.25) is 14.7 Å². The molecule has 0 saturated carbocycles. The van der Waals surface area contributed by atoms with Crippen LogP contribution in [-0.4, -0.2) is 51.1 Å². The highest BCUT2D eigenvalue weighted by Gasteiger charge is 2.23. The fourth-order valence-electron chi connectivity index (χ4n) is 4.70. The van der Waals surface area contributed by atoms with Gasteiger partial charge in [0.05, 0.1) is 17.8 Å². The van der Waals surface area contributed by atoms with Crippen LogP contribution < -0.4 is 10.9 Å². The molecule has 4 heterocycles. The molecule has 0 radical (unpaired) electrons. The van der Waals surface area contributed by atoms with E-state index in [2.05, 4.69) is 39.5 Å². The first kappa shape index (κ1) is 20.5. The summed E-state index contributed by atoms with van der Waals surface area (Å²) < 4.78 is 1.68. The maximum atomic E-state index is 12.5. The molecule has 162 valence electrons. The number of piperidine rings is 1. The Bertz CT molecular complexity index is 1110. The van der Waals surface area contributed by atoms with Crippen LogP contribution in [0.1, 0.15) is 30.5 Å². The Labute approximate surface area is 187 Å². The molecule has 5 rings (SSSR count). The Morgan fingerprint density at radius 1 is 1.16 bits per heavy atom. The number of thioether (sulfide) groups is 1. The van der Waals surface area contributed by atoms with Crippen molar-refractivity contribution in [3.8, 4) is 0 Å². The van der Waals surface area contributed by atoms with Gasteiger partial charge in [-0.15, -0.1) is 0 Å². The Morgan fingerprint density at radius 3 is 3.06 bits per heavy atom. The van der Waals surface area contributed by atoms with Crippen LogP contribution in [0.15, 0.2) is 47.4 Å². The van der Waals surface area contributed by atoms with Gasteiger partial charge in [0.25, 0.3) is 5.56 Å². The number of rotatable bonds is 6. The van der Waals surface area contributed by atoms with Crippen LogP contribution >= 0.6 is 11.8 Å². The number of hydrogen-bond acceptors (Lipinski definition) is 6. The van der Waals surface area contributed by atoms with Crippen LogP contribution in [0.25, 0.3) is 10.9 Å². The summed E-state index contributed by atoms with van der Waals surface area (Å²) in [5, 5.41) is 9.52. The topological polar surface area (TPSA) is 63.1 Å². The molecule has 2 aliphatic heterocycles. The highest BCUT2D eigenvalue weighted by Crippen LogP contribution is 2.23. The number of pyridine rings is 1. The average Bonchev–Trinajstić information content (AvgIpc) is 2.82. The lowest BCUT2D eigenvalue weighted by Gasteiger charge is -2.36. The first-order valence-electron chi connectivity index (χ1n) is 11.3. The zero-order valence-electron chi connectivity index (χ0n) is 17.8. The molecule has 0 amide bonds. The first-order valence-corrected chi connectivity index (χ1v) is 12.4. The summed E-state index contributed by atoms with van der Waals surface area (Å²) in [7, 11) is 0. The van der Waals surface area contributed by atoms with Crippen molar-refractivity contribution in [2.24, 2.45) is 0 Å². The largest absolute Gasteiger partial charge is 0.383 e. The molecule has 3 aromatic rings. The second kappa shape index (κ2) is 9.40. The normalized spacial score (nSPS) is 19.3. The molecule has 0 bridgehead atoms. The van der Waals surface area contributed by atoms with E-state index in [1.165, 1.54) is 19.3 Å².